The normalized spacial score (nSPS) is 18.6. The lowest BCUT2D eigenvalue weighted by Crippen LogP contribution is -2.36. The molecule has 18 heavy (non-hydrogen) atoms. The van der Waals surface area contributed by atoms with Crippen LogP contribution in [0.3, 0.4) is 0 Å². The summed E-state index contributed by atoms with van der Waals surface area (Å²) in [7, 11) is 0. The molecular formula is C14H20N2O2. The van der Waals surface area contributed by atoms with Gasteiger partial charge in [-0.05, 0) is 24.8 Å². The van der Waals surface area contributed by atoms with Crippen molar-refractivity contribution in [3.8, 4) is 0 Å². The molecule has 1 unspecified atom stereocenters. The van der Waals surface area contributed by atoms with E-state index in [2.05, 4.69) is 10.6 Å². The average molecular weight is 248 g/mol. The number of nitrogens with one attached hydrogen (secondary N) is 2. The van der Waals surface area contributed by atoms with E-state index in [4.69, 9.17) is 4.74 Å². The van der Waals surface area contributed by atoms with Crippen LogP contribution in [-0.2, 0) is 11.3 Å². The molecule has 0 spiro atoms. The standard InChI is InChI=1S/C14H20N2O2/c17-14(15-9-8-13-7-4-10-18-13)16-11-12-5-2-1-3-6-12/h1-3,5-6,13H,4,7-11H2,(H2,15,16,17). The summed E-state index contributed by atoms with van der Waals surface area (Å²) in [5.41, 5.74) is 1.10. The van der Waals surface area contributed by atoms with Gasteiger partial charge in [0.1, 0.15) is 0 Å². The number of ether oxygens (including phenoxy) is 1. The molecule has 0 saturated carbocycles. The number of carbonyl (C=O) groups excluding carboxylic acids is 1. The largest absolute Gasteiger partial charge is 0.378 e. The van der Waals surface area contributed by atoms with Gasteiger partial charge < -0.3 is 15.4 Å². The number of urea groups is 1. The minimum Gasteiger partial charge on any atom is -0.378 e. The molecule has 2 rings (SSSR count). The van der Waals surface area contributed by atoms with Gasteiger partial charge >= 0.3 is 6.03 Å². The van der Waals surface area contributed by atoms with E-state index >= 15 is 0 Å². The number of carbonyl (C=O) groups is 1. The van der Waals surface area contributed by atoms with E-state index in [1.165, 1.54) is 0 Å². The van der Waals surface area contributed by atoms with Gasteiger partial charge in [0.2, 0.25) is 0 Å². The fraction of sp³-hybridized carbons (Fsp3) is 0.500. The molecule has 0 aromatic heterocycles. The molecule has 0 aliphatic carbocycles. The zero-order valence-corrected chi connectivity index (χ0v) is 10.5. The Hall–Kier alpha value is -1.55. The lowest BCUT2D eigenvalue weighted by atomic mass is 10.2. The minimum absolute atomic E-state index is 0.114. The van der Waals surface area contributed by atoms with E-state index in [1.807, 2.05) is 30.3 Å². The highest BCUT2D eigenvalue weighted by molar-refractivity contribution is 5.73. The molecule has 4 heteroatoms. The monoisotopic (exact) mass is 248 g/mol. The Morgan fingerprint density at radius 3 is 2.83 bits per heavy atom. The first kappa shape index (κ1) is 12.9. The highest BCUT2D eigenvalue weighted by Crippen LogP contribution is 2.14. The van der Waals surface area contributed by atoms with Gasteiger partial charge in [-0.2, -0.15) is 0 Å². The van der Waals surface area contributed by atoms with Gasteiger partial charge in [-0.3, -0.25) is 0 Å². The molecule has 1 heterocycles. The minimum atomic E-state index is -0.114. The first-order valence-electron chi connectivity index (χ1n) is 6.52. The summed E-state index contributed by atoms with van der Waals surface area (Å²) in [6.45, 7) is 2.10. The number of benzene rings is 1. The maximum absolute atomic E-state index is 11.5. The lowest BCUT2D eigenvalue weighted by molar-refractivity contribution is 0.104. The predicted octanol–water partition coefficient (Wildman–Crippen LogP) is 2.05. The average Bonchev–Trinajstić information content (AvgIpc) is 2.91. The second kappa shape index (κ2) is 7.01. The molecule has 98 valence electrons. The molecule has 1 aromatic carbocycles. The van der Waals surface area contributed by atoms with Crippen LogP contribution in [0.25, 0.3) is 0 Å². The van der Waals surface area contributed by atoms with Crippen molar-refractivity contribution in [3.05, 3.63) is 35.9 Å². The van der Waals surface area contributed by atoms with Gasteiger partial charge in [-0.1, -0.05) is 30.3 Å². The fourth-order valence-electron chi connectivity index (χ4n) is 2.06. The van der Waals surface area contributed by atoms with E-state index in [0.717, 1.165) is 31.4 Å². The second-order valence-electron chi connectivity index (χ2n) is 4.52. The van der Waals surface area contributed by atoms with Crippen molar-refractivity contribution >= 4 is 6.03 Å². The number of hydrogen-bond acceptors (Lipinski definition) is 2. The Kier molecular flexibility index (Phi) is 5.02. The van der Waals surface area contributed by atoms with Crippen molar-refractivity contribution in [1.29, 1.82) is 0 Å². The van der Waals surface area contributed by atoms with E-state index in [0.29, 0.717) is 19.2 Å². The van der Waals surface area contributed by atoms with E-state index in [1.54, 1.807) is 0 Å². The first-order chi connectivity index (χ1) is 8.84. The van der Waals surface area contributed by atoms with Crippen LogP contribution >= 0.6 is 0 Å². The van der Waals surface area contributed by atoms with Crippen LogP contribution in [0.4, 0.5) is 4.79 Å². The Labute approximate surface area is 108 Å². The quantitative estimate of drug-likeness (QED) is 0.838. The summed E-state index contributed by atoms with van der Waals surface area (Å²) in [6, 6.07) is 9.76. The molecule has 0 radical (unpaired) electrons. The highest BCUT2D eigenvalue weighted by Gasteiger charge is 2.14. The van der Waals surface area contributed by atoms with Crippen LogP contribution in [0.2, 0.25) is 0 Å². The Morgan fingerprint density at radius 2 is 2.11 bits per heavy atom. The third-order valence-electron chi connectivity index (χ3n) is 3.07. The highest BCUT2D eigenvalue weighted by atomic mass is 16.5. The van der Waals surface area contributed by atoms with Crippen LogP contribution in [0, 0.1) is 0 Å². The van der Waals surface area contributed by atoms with Crippen LogP contribution in [0.5, 0.6) is 0 Å². The summed E-state index contributed by atoms with van der Waals surface area (Å²) in [4.78, 5) is 11.5. The smallest absolute Gasteiger partial charge is 0.315 e. The van der Waals surface area contributed by atoms with E-state index in [9.17, 15) is 4.79 Å². The van der Waals surface area contributed by atoms with Gasteiger partial charge in [0, 0.05) is 19.7 Å². The number of amides is 2. The molecule has 1 aliphatic rings. The Bertz CT molecular complexity index is 361. The molecule has 1 aromatic rings. The topological polar surface area (TPSA) is 50.4 Å². The molecule has 1 saturated heterocycles. The third-order valence-corrected chi connectivity index (χ3v) is 3.07. The summed E-state index contributed by atoms with van der Waals surface area (Å²) < 4.78 is 5.49. The van der Waals surface area contributed by atoms with Crippen molar-refractivity contribution in [1.82, 2.24) is 10.6 Å². The molecule has 2 N–H and O–H groups in total. The number of rotatable bonds is 5. The summed E-state index contributed by atoms with van der Waals surface area (Å²) in [5.74, 6) is 0. The Morgan fingerprint density at radius 1 is 1.28 bits per heavy atom. The van der Waals surface area contributed by atoms with Gasteiger partial charge in [0.25, 0.3) is 0 Å². The molecule has 1 atom stereocenters. The Balaban J connectivity index is 1.57. The molecule has 0 bridgehead atoms. The molecule has 1 aliphatic heterocycles. The van der Waals surface area contributed by atoms with Crippen molar-refractivity contribution in [2.45, 2.75) is 31.9 Å². The van der Waals surface area contributed by atoms with Crippen molar-refractivity contribution in [2.75, 3.05) is 13.2 Å². The van der Waals surface area contributed by atoms with Gasteiger partial charge in [0.05, 0.1) is 6.10 Å². The summed E-state index contributed by atoms with van der Waals surface area (Å²) in [5, 5.41) is 5.68. The summed E-state index contributed by atoms with van der Waals surface area (Å²) >= 11 is 0. The molecule has 1 fully saturated rings. The molecule has 2 amide bonds. The third kappa shape index (κ3) is 4.37. The van der Waals surface area contributed by atoms with Crippen molar-refractivity contribution in [3.63, 3.8) is 0 Å². The van der Waals surface area contributed by atoms with Crippen molar-refractivity contribution < 1.29 is 9.53 Å². The van der Waals surface area contributed by atoms with Crippen LogP contribution < -0.4 is 10.6 Å². The van der Waals surface area contributed by atoms with E-state index < -0.39 is 0 Å². The van der Waals surface area contributed by atoms with Crippen LogP contribution in [0.1, 0.15) is 24.8 Å². The zero-order chi connectivity index (χ0) is 12.6. The van der Waals surface area contributed by atoms with Gasteiger partial charge in [0.15, 0.2) is 0 Å². The van der Waals surface area contributed by atoms with Gasteiger partial charge in [-0.25, -0.2) is 4.79 Å². The zero-order valence-electron chi connectivity index (χ0n) is 10.5. The van der Waals surface area contributed by atoms with Crippen molar-refractivity contribution in [2.24, 2.45) is 0 Å². The maximum atomic E-state index is 11.5. The molecule has 4 nitrogen and oxygen atoms in total. The lowest BCUT2D eigenvalue weighted by Gasteiger charge is -2.11. The fourth-order valence-corrected chi connectivity index (χ4v) is 2.06. The van der Waals surface area contributed by atoms with Crippen LogP contribution in [0.15, 0.2) is 30.3 Å². The van der Waals surface area contributed by atoms with Crippen LogP contribution in [-0.4, -0.2) is 25.3 Å². The summed E-state index contributed by atoms with van der Waals surface area (Å²) in [6.07, 6.45) is 3.50. The van der Waals surface area contributed by atoms with Gasteiger partial charge in [-0.15, -0.1) is 0 Å². The second-order valence-corrected chi connectivity index (χ2v) is 4.52. The number of hydrogen-bond donors (Lipinski definition) is 2. The predicted molar refractivity (Wildman–Crippen MR) is 70.3 cm³/mol. The molecular weight excluding hydrogens is 228 g/mol. The van der Waals surface area contributed by atoms with E-state index in [-0.39, 0.29) is 6.03 Å². The first-order valence-corrected chi connectivity index (χ1v) is 6.52. The SMILES string of the molecule is O=C(NCCC1CCCO1)NCc1ccccc1. The maximum Gasteiger partial charge on any atom is 0.315 e.